The monoisotopic (exact) mass is 640 g/mol. The van der Waals surface area contributed by atoms with Crippen LogP contribution in [0, 0.1) is 0 Å². The van der Waals surface area contributed by atoms with Crippen LogP contribution in [0.5, 0.6) is 0 Å². The average molecular weight is 641 g/mol. The normalized spacial score (nSPS) is 16.2. The molecule has 11 nitrogen and oxygen atoms in total. The summed E-state index contributed by atoms with van der Waals surface area (Å²) < 4.78 is 53.8. The highest BCUT2D eigenvalue weighted by Crippen LogP contribution is 2.31. The van der Waals surface area contributed by atoms with Crippen molar-refractivity contribution in [2.45, 2.75) is 62.9 Å². The molecule has 0 unspecified atom stereocenters. The predicted octanol–water partition coefficient (Wildman–Crippen LogP) is 5.42. The van der Waals surface area contributed by atoms with Gasteiger partial charge in [-0.15, -0.1) is 6.54 Å². The number of carboxylic acids is 1. The molecule has 0 spiro atoms. The summed E-state index contributed by atoms with van der Waals surface area (Å²) in [6, 6.07) is 11.3. The van der Waals surface area contributed by atoms with Gasteiger partial charge in [0, 0.05) is 31.6 Å². The molecule has 1 aliphatic rings. The van der Waals surface area contributed by atoms with E-state index in [0.717, 1.165) is 15.4 Å². The SMILES string of the molecule is CC(C)(C)c1ccc(S(=O)(=O)N2CCN(c3cnc4cncnc4n3)C[C@@H]2C(=O)O)cc1.CCC(F)(F)c1ccc(C[NH-])cc1. The number of nitrogens with one attached hydrogen (secondary N) is 1. The van der Waals surface area contributed by atoms with Gasteiger partial charge in [-0.05, 0) is 23.1 Å². The number of hydrogen-bond donors (Lipinski definition) is 1. The number of sulfonamides is 1. The standard InChI is InChI=1S/C21H24N6O4S.C10H12F2N/c1-21(2,3)14-4-6-15(7-5-14)32(30,31)27-9-8-26(12-17(27)20(28)29)18-11-23-16-10-22-13-24-19(16)25-18;1-2-10(11,12)9-5-3-8(7-13)4-6-9/h4-7,10-11,13,17H,8-9,12H2,1-3H3,(H,28,29);3-6,13H,2,7H2,1H3/q;-1/t17-;/m1./s1. The number of piperazine rings is 1. The Labute approximate surface area is 261 Å². The Morgan fingerprint density at radius 3 is 2.22 bits per heavy atom. The number of halogens is 2. The van der Waals surface area contributed by atoms with Crippen LogP contribution >= 0.6 is 0 Å². The summed E-state index contributed by atoms with van der Waals surface area (Å²) in [5.41, 5.74) is 9.60. The van der Waals surface area contributed by atoms with Gasteiger partial charge in [0.2, 0.25) is 10.0 Å². The first-order chi connectivity index (χ1) is 21.2. The molecule has 4 aromatic rings. The Hall–Kier alpha value is -4.14. The number of fused-ring (bicyclic) bond motifs is 1. The minimum absolute atomic E-state index is 0.00378. The third-order valence-corrected chi connectivity index (χ3v) is 9.43. The summed E-state index contributed by atoms with van der Waals surface area (Å²) in [7, 11) is -3.99. The smallest absolute Gasteiger partial charge is 0.323 e. The van der Waals surface area contributed by atoms with Crippen molar-refractivity contribution >= 4 is 33.0 Å². The first-order valence-electron chi connectivity index (χ1n) is 14.3. The molecule has 0 aliphatic carbocycles. The van der Waals surface area contributed by atoms with E-state index in [-0.39, 0.29) is 48.5 Å². The fraction of sp³-hybridized carbons (Fsp3) is 0.387. The molecule has 1 saturated heterocycles. The summed E-state index contributed by atoms with van der Waals surface area (Å²) >= 11 is 0. The van der Waals surface area contributed by atoms with E-state index in [2.05, 4.69) is 19.9 Å². The molecule has 45 heavy (non-hydrogen) atoms. The fourth-order valence-corrected chi connectivity index (χ4v) is 6.27. The minimum Gasteiger partial charge on any atom is -0.674 e. The van der Waals surface area contributed by atoms with Gasteiger partial charge in [-0.3, -0.25) is 4.79 Å². The summed E-state index contributed by atoms with van der Waals surface area (Å²) in [4.78, 5) is 30.5. The molecular formula is C31H36F2N7O4S-. The summed E-state index contributed by atoms with van der Waals surface area (Å²) in [5.74, 6) is -3.52. The molecule has 3 heterocycles. The van der Waals surface area contributed by atoms with E-state index < -0.39 is 28.0 Å². The van der Waals surface area contributed by atoms with E-state index in [1.807, 2.05) is 20.8 Å². The topological polar surface area (TPSA) is 153 Å². The van der Waals surface area contributed by atoms with E-state index in [9.17, 15) is 27.1 Å². The zero-order chi connectivity index (χ0) is 33.0. The molecule has 0 saturated carbocycles. The summed E-state index contributed by atoms with van der Waals surface area (Å²) in [6.07, 6.45) is 4.22. The molecule has 0 bridgehead atoms. The highest BCUT2D eigenvalue weighted by atomic mass is 32.2. The van der Waals surface area contributed by atoms with Crippen LogP contribution in [0.2, 0.25) is 0 Å². The van der Waals surface area contributed by atoms with Gasteiger partial charge in [0.15, 0.2) is 5.65 Å². The van der Waals surface area contributed by atoms with Crippen LogP contribution in [-0.4, -0.2) is 69.4 Å². The number of aliphatic carboxylic acids is 1. The molecule has 240 valence electrons. The molecule has 2 N–H and O–H groups in total. The van der Waals surface area contributed by atoms with E-state index in [0.29, 0.717) is 17.0 Å². The number of carboxylic acid groups (broad SMARTS) is 1. The second-order valence-electron chi connectivity index (χ2n) is 11.6. The molecule has 1 aliphatic heterocycles. The van der Waals surface area contributed by atoms with Gasteiger partial charge in [-0.2, -0.15) is 4.31 Å². The zero-order valence-corrected chi connectivity index (χ0v) is 26.3. The van der Waals surface area contributed by atoms with E-state index >= 15 is 0 Å². The highest BCUT2D eigenvalue weighted by Gasteiger charge is 2.41. The highest BCUT2D eigenvalue weighted by molar-refractivity contribution is 7.89. The molecule has 2 aromatic heterocycles. The maximum absolute atomic E-state index is 13.3. The number of benzene rings is 2. The number of anilines is 1. The van der Waals surface area contributed by atoms with E-state index in [4.69, 9.17) is 5.73 Å². The molecule has 5 rings (SSSR count). The maximum atomic E-state index is 13.3. The quantitative estimate of drug-likeness (QED) is 0.279. The van der Waals surface area contributed by atoms with E-state index in [1.165, 1.54) is 49.9 Å². The second-order valence-corrected chi connectivity index (χ2v) is 13.5. The van der Waals surface area contributed by atoms with Gasteiger partial charge in [0.05, 0.1) is 17.3 Å². The van der Waals surface area contributed by atoms with Crippen molar-refractivity contribution in [3.05, 3.63) is 89.7 Å². The van der Waals surface area contributed by atoms with Gasteiger partial charge >= 0.3 is 5.97 Å². The lowest BCUT2D eigenvalue weighted by Gasteiger charge is -2.38. The second kappa shape index (κ2) is 13.5. The molecule has 0 radical (unpaired) electrons. The van der Waals surface area contributed by atoms with Gasteiger partial charge in [0.25, 0.3) is 5.92 Å². The minimum atomic E-state index is -3.99. The number of hydrogen-bond acceptors (Lipinski definition) is 8. The third-order valence-electron chi connectivity index (χ3n) is 7.50. The zero-order valence-electron chi connectivity index (χ0n) is 25.5. The van der Waals surface area contributed by atoms with Crippen LogP contribution in [0.4, 0.5) is 14.6 Å². The number of alkyl halides is 2. The van der Waals surface area contributed by atoms with Crippen molar-refractivity contribution in [3.63, 3.8) is 0 Å². The summed E-state index contributed by atoms with van der Waals surface area (Å²) in [5, 5.41) is 9.82. The fourth-order valence-electron chi connectivity index (χ4n) is 4.71. The molecular weight excluding hydrogens is 604 g/mol. The Morgan fingerprint density at radius 1 is 1.00 bits per heavy atom. The number of aromatic nitrogens is 4. The van der Waals surface area contributed by atoms with Crippen molar-refractivity contribution in [2.75, 3.05) is 24.5 Å². The molecule has 1 atom stereocenters. The maximum Gasteiger partial charge on any atom is 0.323 e. The van der Waals surface area contributed by atoms with E-state index in [1.54, 1.807) is 29.2 Å². The third kappa shape index (κ3) is 7.75. The van der Waals surface area contributed by atoms with Gasteiger partial charge in [-0.1, -0.05) is 69.7 Å². The number of carbonyl (C=O) groups is 1. The first-order valence-corrected chi connectivity index (χ1v) is 15.8. The van der Waals surface area contributed by atoms with Crippen molar-refractivity contribution < 1.29 is 27.1 Å². The van der Waals surface area contributed by atoms with Crippen LogP contribution in [0.15, 0.2) is 72.1 Å². The summed E-state index contributed by atoms with van der Waals surface area (Å²) in [6.45, 7) is 7.93. The van der Waals surface area contributed by atoms with Crippen LogP contribution in [0.25, 0.3) is 16.9 Å². The van der Waals surface area contributed by atoms with Crippen LogP contribution in [-0.2, 0) is 32.7 Å². The largest absolute Gasteiger partial charge is 0.674 e. The lowest BCUT2D eigenvalue weighted by Crippen LogP contribution is -2.58. The Bertz CT molecular complexity index is 1730. The predicted molar refractivity (Wildman–Crippen MR) is 166 cm³/mol. The number of nitrogens with zero attached hydrogens (tertiary/aromatic N) is 6. The van der Waals surface area contributed by atoms with Crippen LogP contribution < -0.4 is 4.90 Å². The Morgan fingerprint density at radius 2 is 1.64 bits per heavy atom. The van der Waals surface area contributed by atoms with Crippen LogP contribution in [0.1, 0.15) is 50.8 Å². The van der Waals surface area contributed by atoms with Crippen molar-refractivity contribution in [2.24, 2.45) is 0 Å². The van der Waals surface area contributed by atoms with Gasteiger partial charge in [0.1, 0.15) is 23.7 Å². The molecule has 2 aromatic carbocycles. The van der Waals surface area contributed by atoms with Crippen molar-refractivity contribution in [1.29, 1.82) is 0 Å². The van der Waals surface area contributed by atoms with Gasteiger partial charge < -0.3 is 15.7 Å². The Balaban J connectivity index is 0.000000297. The van der Waals surface area contributed by atoms with Crippen LogP contribution in [0.3, 0.4) is 0 Å². The molecule has 0 amide bonds. The first kappa shape index (κ1) is 33.7. The lowest BCUT2D eigenvalue weighted by atomic mass is 9.87. The average Bonchev–Trinajstić information content (AvgIpc) is 3.04. The Kier molecular flexibility index (Phi) is 10.1. The molecule has 14 heteroatoms. The molecule has 1 fully saturated rings. The number of rotatable bonds is 7. The lowest BCUT2D eigenvalue weighted by molar-refractivity contribution is -0.141. The van der Waals surface area contributed by atoms with Crippen molar-refractivity contribution in [1.82, 2.24) is 24.2 Å². The van der Waals surface area contributed by atoms with Crippen molar-refractivity contribution in [3.8, 4) is 0 Å². The van der Waals surface area contributed by atoms with Gasteiger partial charge in [-0.25, -0.2) is 37.1 Å².